The lowest BCUT2D eigenvalue weighted by atomic mass is 10.6. The Morgan fingerprint density at radius 3 is 1.57 bits per heavy atom. The van der Waals surface area contributed by atoms with Gasteiger partial charge in [0, 0.05) is 12.8 Å². The van der Waals surface area contributed by atoms with Crippen molar-refractivity contribution in [2.75, 3.05) is 18.4 Å². The fraction of sp³-hybridized carbons (Fsp3) is 1.00. The Labute approximate surface area is 80.7 Å². The van der Waals surface area contributed by atoms with Gasteiger partial charge in [0.05, 0.1) is 0 Å². The Hall–Kier alpha value is -0.0800. The number of hydrogen-bond acceptors (Lipinski definition) is 2. The summed E-state index contributed by atoms with van der Waals surface area (Å²) in [6.07, 6.45) is -2.88. The van der Waals surface area contributed by atoms with E-state index in [-0.39, 0.29) is 6.92 Å². The predicted molar refractivity (Wildman–Crippen MR) is 47.0 cm³/mol. The third-order valence-corrected chi connectivity index (χ3v) is 3.82. The first-order valence-electron chi connectivity index (χ1n) is 3.59. The highest BCUT2D eigenvalue weighted by molar-refractivity contribution is 8.30. The van der Waals surface area contributed by atoms with E-state index in [0.717, 1.165) is 12.5 Å². The van der Waals surface area contributed by atoms with Gasteiger partial charge in [-0.2, -0.15) is 32.2 Å². The van der Waals surface area contributed by atoms with Crippen molar-refractivity contribution in [2.45, 2.75) is 19.3 Å². The minimum absolute atomic E-state index is 0.213. The molecule has 0 heterocycles. The monoisotopic (exact) mass is 240 g/mol. The van der Waals surface area contributed by atoms with E-state index in [9.17, 15) is 22.0 Å². The van der Waals surface area contributed by atoms with Crippen molar-refractivity contribution in [3.05, 3.63) is 0 Å². The second kappa shape index (κ2) is 3.82. The topological polar surface area (TPSA) is 29.3 Å². The summed E-state index contributed by atoms with van der Waals surface area (Å²) < 4.78 is 61.6. The lowest BCUT2D eigenvalue weighted by Crippen LogP contribution is -2.50. The quantitative estimate of drug-likeness (QED) is 0.606. The number of alkyl halides is 5. The molecule has 0 aliphatic carbocycles. The van der Waals surface area contributed by atoms with Crippen LogP contribution in [0.2, 0.25) is 0 Å². The maximum absolute atomic E-state index is 12.7. The maximum Gasteiger partial charge on any atom is 0.473 e. The van der Waals surface area contributed by atoms with Gasteiger partial charge in [-0.15, -0.1) is 4.31 Å². The summed E-state index contributed by atoms with van der Waals surface area (Å²) in [5.41, 5.74) is 5.06. The summed E-state index contributed by atoms with van der Waals surface area (Å²) in [5.74, 6) is -0.435. The predicted octanol–water partition coefficient (Wildman–Crippen LogP) is 2.32. The van der Waals surface area contributed by atoms with E-state index in [1.54, 1.807) is 0 Å². The fourth-order valence-electron chi connectivity index (χ4n) is 1.01. The minimum atomic E-state index is -5.07. The molecule has 0 amide bonds. The largest absolute Gasteiger partial charge is 0.473 e. The SMILES string of the molecule is CC(F)(F)N(C(F)(F)F)S(C)(C)CN. The Kier molecular flexibility index (Phi) is 3.80. The molecule has 2 N–H and O–H groups in total. The van der Waals surface area contributed by atoms with Gasteiger partial charge in [0.2, 0.25) is 0 Å². The van der Waals surface area contributed by atoms with E-state index in [4.69, 9.17) is 5.73 Å². The Bertz CT molecular complexity index is 183. The molecule has 0 aromatic heterocycles. The van der Waals surface area contributed by atoms with E-state index in [1.165, 1.54) is 0 Å². The number of nitrogens with zero attached hydrogens (tertiary/aromatic N) is 1. The first-order valence-corrected chi connectivity index (χ1v) is 6.16. The average Bonchev–Trinajstić information content (AvgIpc) is 1.79. The molecule has 14 heavy (non-hydrogen) atoms. The highest BCUT2D eigenvalue weighted by Crippen LogP contribution is 2.54. The molecule has 0 atom stereocenters. The van der Waals surface area contributed by atoms with Crippen molar-refractivity contribution >= 4 is 10.2 Å². The molecule has 2 nitrogen and oxygen atoms in total. The molecule has 0 unspecified atom stereocenters. The van der Waals surface area contributed by atoms with Crippen molar-refractivity contribution in [1.29, 1.82) is 0 Å². The van der Waals surface area contributed by atoms with Crippen LogP contribution in [0.15, 0.2) is 0 Å². The zero-order valence-corrected chi connectivity index (χ0v) is 8.85. The van der Waals surface area contributed by atoms with Crippen molar-refractivity contribution < 1.29 is 22.0 Å². The summed E-state index contributed by atoms with van der Waals surface area (Å²) in [7, 11) is -2.74. The molecule has 0 spiro atoms. The molecule has 0 aromatic rings. The van der Waals surface area contributed by atoms with Crippen LogP contribution in [0, 0.1) is 0 Å². The van der Waals surface area contributed by atoms with E-state index in [2.05, 4.69) is 0 Å². The van der Waals surface area contributed by atoms with Crippen LogP contribution in [0.4, 0.5) is 22.0 Å². The summed E-state index contributed by atoms with van der Waals surface area (Å²) >= 11 is 0. The first-order chi connectivity index (χ1) is 5.93. The van der Waals surface area contributed by atoms with Gasteiger partial charge in [0.1, 0.15) is 0 Å². The third-order valence-electron chi connectivity index (χ3n) is 1.49. The van der Waals surface area contributed by atoms with E-state index in [1.807, 2.05) is 0 Å². The van der Waals surface area contributed by atoms with Crippen molar-refractivity contribution in [3.8, 4) is 0 Å². The molecule has 0 saturated heterocycles. The van der Waals surface area contributed by atoms with Crippen molar-refractivity contribution in [1.82, 2.24) is 4.31 Å². The van der Waals surface area contributed by atoms with Crippen LogP contribution in [0.3, 0.4) is 0 Å². The summed E-state index contributed by atoms with van der Waals surface area (Å²) in [6, 6.07) is -3.95. The Balaban J connectivity index is 5.14. The zero-order chi connectivity index (χ0) is 11.8. The van der Waals surface area contributed by atoms with Crippen LogP contribution in [0.25, 0.3) is 0 Å². The van der Waals surface area contributed by atoms with Gasteiger partial charge < -0.3 is 5.73 Å². The molecule has 0 aromatic carbocycles. The molecule has 0 bridgehead atoms. The van der Waals surface area contributed by atoms with Crippen LogP contribution in [-0.2, 0) is 0 Å². The van der Waals surface area contributed by atoms with E-state index < -0.39 is 32.7 Å². The lowest BCUT2D eigenvalue weighted by molar-refractivity contribution is -0.282. The fourth-order valence-corrected chi connectivity index (χ4v) is 2.59. The third kappa shape index (κ3) is 3.25. The van der Waals surface area contributed by atoms with Crippen LogP contribution in [0.1, 0.15) is 6.92 Å². The van der Waals surface area contributed by atoms with Crippen LogP contribution in [0.5, 0.6) is 0 Å². The Morgan fingerprint density at radius 1 is 1.14 bits per heavy atom. The zero-order valence-electron chi connectivity index (χ0n) is 8.03. The van der Waals surface area contributed by atoms with Gasteiger partial charge in [-0.05, 0) is 12.5 Å². The average molecular weight is 240 g/mol. The molecule has 0 aliphatic rings. The first kappa shape index (κ1) is 13.9. The van der Waals surface area contributed by atoms with Crippen molar-refractivity contribution in [3.63, 3.8) is 0 Å². The summed E-state index contributed by atoms with van der Waals surface area (Å²) in [4.78, 5) is 0. The number of hydrogen-bond donors (Lipinski definition) is 1. The highest BCUT2D eigenvalue weighted by atomic mass is 32.3. The van der Waals surface area contributed by atoms with Gasteiger partial charge in [-0.25, -0.2) is 0 Å². The van der Waals surface area contributed by atoms with Crippen LogP contribution >= 0.6 is 10.2 Å². The summed E-state index contributed by atoms with van der Waals surface area (Å²) in [6.45, 7) is 0.213. The molecule has 0 radical (unpaired) electrons. The number of halogens is 5. The molecule has 88 valence electrons. The van der Waals surface area contributed by atoms with Gasteiger partial charge in [0.25, 0.3) is 0 Å². The van der Waals surface area contributed by atoms with E-state index in [0.29, 0.717) is 0 Å². The normalized spacial score (nSPS) is 16.1. The molecule has 0 aliphatic heterocycles. The van der Waals surface area contributed by atoms with Gasteiger partial charge >= 0.3 is 12.3 Å². The second-order valence-electron chi connectivity index (χ2n) is 3.25. The summed E-state index contributed by atoms with van der Waals surface area (Å²) in [5, 5.41) is 0. The smallest absolute Gasteiger partial charge is 0.322 e. The molecule has 0 saturated carbocycles. The Morgan fingerprint density at radius 2 is 1.50 bits per heavy atom. The number of nitrogens with two attached hydrogens (primary N) is 1. The lowest BCUT2D eigenvalue weighted by Gasteiger charge is -2.45. The van der Waals surface area contributed by atoms with Gasteiger partial charge in [-0.1, -0.05) is 0 Å². The molecular formula is C6H13F5N2S. The standard InChI is InChI=1S/C6H13F5N2S/c1-5(7,8)13(6(9,10)11)14(2,3)4-12/h4,12H2,1-3H3. The van der Waals surface area contributed by atoms with Gasteiger partial charge in [0.15, 0.2) is 0 Å². The van der Waals surface area contributed by atoms with E-state index >= 15 is 0 Å². The van der Waals surface area contributed by atoms with Crippen LogP contribution in [-0.4, -0.2) is 35.0 Å². The minimum Gasteiger partial charge on any atom is -0.322 e. The van der Waals surface area contributed by atoms with Crippen molar-refractivity contribution in [2.24, 2.45) is 5.73 Å². The highest BCUT2D eigenvalue weighted by Gasteiger charge is 2.55. The van der Waals surface area contributed by atoms with Crippen LogP contribution < -0.4 is 5.73 Å². The second-order valence-corrected chi connectivity index (χ2v) is 6.91. The number of rotatable bonds is 3. The van der Waals surface area contributed by atoms with Gasteiger partial charge in [-0.3, -0.25) is 0 Å². The molecule has 0 fully saturated rings. The molecule has 0 rings (SSSR count). The molecule has 8 heteroatoms. The maximum atomic E-state index is 12.7. The molecular weight excluding hydrogens is 227 g/mol.